The van der Waals surface area contributed by atoms with Crippen LogP contribution in [0.5, 0.6) is 5.88 Å². The van der Waals surface area contributed by atoms with Gasteiger partial charge in [-0.1, -0.05) is 30.3 Å². The fraction of sp³-hybridized carbons (Fsp3) is 0.375. The summed E-state index contributed by atoms with van der Waals surface area (Å²) in [6.07, 6.45) is 6.51. The lowest BCUT2D eigenvalue weighted by atomic mass is 9.78. The predicted octanol–water partition coefficient (Wildman–Crippen LogP) is 4.27. The van der Waals surface area contributed by atoms with E-state index in [4.69, 9.17) is 9.47 Å². The Morgan fingerprint density at radius 2 is 1.91 bits per heavy atom. The van der Waals surface area contributed by atoms with Crippen LogP contribution in [0.2, 0.25) is 0 Å². The van der Waals surface area contributed by atoms with Crippen LogP contribution >= 0.6 is 12.4 Å². The number of ether oxygens (including phenoxy) is 2. The molecule has 2 fully saturated rings. The minimum atomic E-state index is -0.438. The zero-order chi connectivity index (χ0) is 22.5. The Morgan fingerprint density at radius 1 is 1.09 bits per heavy atom. The Kier molecular flexibility index (Phi) is 7.42. The molecule has 10 heteroatoms. The molecule has 0 unspecified atom stereocenters. The standard InChI is InChI=1S/C24H26N6O3.ClH/c31-23-30(20-7-4-13-27-29-20)17-24(33-23)11-8-18(9-12-24)15-26-22-25-14-10-21(28-22)32-16-19-5-2-1-3-6-19;/h1-7,10,13-14,18H,8-9,11-12,15-17H2,(H,25,26,28);1H/t18-,24-;. The van der Waals surface area contributed by atoms with Crippen LogP contribution in [-0.2, 0) is 11.3 Å². The van der Waals surface area contributed by atoms with Crippen molar-refractivity contribution in [3.05, 3.63) is 66.5 Å². The first-order valence-electron chi connectivity index (χ1n) is 11.2. The summed E-state index contributed by atoms with van der Waals surface area (Å²) in [5.74, 6) is 2.09. The van der Waals surface area contributed by atoms with E-state index in [1.165, 1.54) is 0 Å². The number of amides is 1. The van der Waals surface area contributed by atoms with Gasteiger partial charge in [0.05, 0.1) is 6.54 Å². The summed E-state index contributed by atoms with van der Waals surface area (Å²) >= 11 is 0. The Hall–Kier alpha value is -3.46. The van der Waals surface area contributed by atoms with E-state index in [0.717, 1.165) is 37.8 Å². The van der Waals surface area contributed by atoms with Gasteiger partial charge in [-0.2, -0.15) is 10.1 Å². The maximum Gasteiger partial charge on any atom is 0.416 e. The number of halogens is 1. The first-order chi connectivity index (χ1) is 16.2. The molecule has 178 valence electrons. The highest BCUT2D eigenvalue weighted by atomic mass is 35.5. The Morgan fingerprint density at radius 3 is 2.68 bits per heavy atom. The van der Waals surface area contributed by atoms with Crippen LogP contribution in [0.3, 0.4) is 0 Å². The van der Waals surface area contributed by atoms with Crippen molar-refractivity contribution in [3.63, 3.8) is 0 Å². The molecule has 3 heterocycles. The van der Waals surface area contributed by atoms with Crippen LogP contribution in [0, 0.1) is 5.92 Å². The van der Waals surface area contributed by atoms with Gasteiger partial charge < -0.3 is 14.8 Å². The third kappa shape index (κ3) is 5.53. The molecule has 0 atom stereocenters. The van der Waals surface area contributed by atoms with Crippen molar-refractivity contribution < 1.29 is 14.3 Å². The number of rotatable bonds is 7. The monoisotopic (exact) mass is 482 g/mol. The molecule has 5 rings (SSSR count). The van der Waals surface area contributed by atoms with Gasteiger partial charge >= 0.3 is 6.09 Å². The van der Waals surface area contributed by atoms with Gasteiger partial charge in [0, 0.05) is 25.0 Å². The normalized spacial score (nSPS) is 21.6. The van der Waals surface area contributed by atoms with E-state index >= 15 is 0 Å². The Balaban J connectivity index is 0.00000274. The van der Waals surface area contributed by atoms with Crippen molar-refractivity contribution in [3.8, 4) is 5.88 Å². The zero-order valence-electron chi connectivity index (χ0n) is 18.7. The fourth-order valence-electron chi connectivity index (χ4n) is 4.38. The molecule has 1 aliphatic heterocycles. The van der Waals surface area contributed by atoms with Gasteiger partial charge in [0.25, 0.3) is 0 Å². The van der Waals surface area contributed by atoms with E-state index in [9.17, 15) is 4.79 Å². The molecule has 2 aliphatic rings. The predicted molar refractivity (Wildman–Crippen MR) is 129 cm³/mol. The second-order valence-electron chi connectivity index (χ2n) is 8.54. The quantitative estimate of drug-likeness (QED) is 0.532. The van der Waals surface area contributed by atoms with Crippen LogP contribution in [0.15, 0.2) is 60.9 Å². The van der Waals surface area contributed by atoms with E-state index in [0.29, 0.717) is 36.7 Å². The summed E-state index contributed by atoms with van der Waals surface area (Å²) in [6, 6.07) is 15.3. The van der Waals surface area contributed by atoms with Gasteiger partial charge in [-0.25, -0.2) is 9.78 Å². The van der Waals surface area contributed by atoms with Gasteiger partial charge in [-0.05, 0) is 49.3 Å². The maximum absolute atomic E-state index is 12.4. The van der Waals surface area contributed by atoms with E-state index in [1.807, 2.05) is 30.3 Å². The molecule has 34 heavy (non-hydrogen) atoms. The largest absolute Gasteiger partial charge is 0.473 e. The van der Waals surface area contributed by atoms with Gasteiger partial charge in [0.2, 0.25) is 11.8 Å². The van der Waals surface area contributed by atoms with Gasteiger partial charge in [-0.15, -0.1) is 17.5 Å². The molecule has 0 radical (unpaired) electrons. The maximum atomic E-state index is 12.4. The molecule has 1 spiro atoms. The van der Waals surface area contributed by atoms with Crippen molar-refractivity contribution in [2.75, 3.05) is 23.3 Å². The summed E-state index contributed by atoms with van der Waals surface area (Å²) in [4.78, 5) is 22.8. The van der Waals surface area contributed by atoms with E-state index in [-0.39, 0.29) is 18.5 Å². The second-order valence-corrected chi connectivity index (χ2v) is 8.54. The number of carbonyl (C=O) groups is 1. The summed E-state index contributed by atoms with van der Waals surface area (Å²) in [5.41, 5.74) is 0.652. The van der Waals surface area contributed by atoms with Crippen LogP contribution in [0.4, 0.5) is 16.6 Å². The minimum absolute atomic E-state index is 0. The molecule has 9 nitrogen and oxygen atoms in total. The lowest BCUT2D eigenvalue weighted by Gasteiger charge is -2.35. The first kappa shape index (κ1) is 23.7. The van der Waals surface area contributed by atoms with Crippen LogP contribution < -0.4 is 15.0 Å². The second kappa shape index (κ2) is 10.6. The van der Waals surface area contributed by atoms with Crippen molar-refractivity contribution in [1.29, 1.82) is 0 Å². The zero-order valence-corrected chi connectivity index (χ0v) is 19.5. The van der Waals surface area contributed by atoms with E-state index < -0.39 is 5.60 Å². The van der Waals surface area contributed by atoms with Crippen LogP contribution in [0.1, 0.15) is 31.2 Å². The highest BCUT2D eigenvalue weighted by Crippen LogP contribution is 2.40. The van der Waals surface area contributed by atoms with Gasteiger partial charge in [0.15, 0.2) is 5.82 Å². The minimum Gasteiger partial charge on any atom is -0.473 e. The highest BCUT2D eigenvalue weighted by molar-refractivity contribution is 5.89. The average Bonchev–Trinajstić information content (AvgIpc) is 3.19. The molecular formula is C24H27ClN6O3. The van der Waals surface area contributed by atoms with Crippen LogP contribution in [0.25, 0.3) is 0 Å². The molecule has 1 saturated carbocycles. The molecule has 1 saturated heterocycles. The summed E-state index contributed by atoms with van der Waals surface area (Å²) in [6.45, 7) is 1.75. The lowest BCUT2D eigenvalue weighted by molar-refractivity contribution is 0.0148. The van der Waals surface area contributed by atoms with Crippen molar-refractivity contribution in [1.82, 2.24) is 20.2 Å². The molecule has 2 aromatic heterocycles. The van der Waals surface area contributed by atoms with Crippen molar-refractivity contribution in [2.24, 2.45) is 5.92 Å². The van der Waals surface area contributed by atoms with E-state index in [1.54, 1.807) is 35.5 Å². The van der Waals surface area contributed by atoms with Gasteiger partial charge in [0.1, 0.15) is 12.2 Å². The number of anilines is 2. The average molecular weight is 483 g/mol. The first-order valence-corrected chi connectivity index (χ1v) is 11.2. The SMILES string of the molecule is Cl.O=C1O[C@]2(CC[C@H](CNc3nccc(OCc4ccccc4)n3)CC2)CN1c1cccnn1. The molecule has 1 amide bonds. The number of aromatic nitrogens is 4. The number of hydrogen-bond donors (Lipinski definition) is 1. The topological polar surface area (TPSA) is 102 Å². The number of carbonyl (C=O) groups excluding carboxylic acids is 1. The third-order valence-corrected chi connectivity index (χ3v) is 6.23. The van der Waals surface area contributed by atoms with Crippen molar-refractivity contribution >= 4 is 30.3 Å². The number of benzene rings is 1. The summed E-state index contributed by atoms with van der Waals surface area (Å²) in [5, 5.41) is 11.2. The molecule has 1 aliphatic carbocycles. The van der Waals surface area contributed by atoms with Crippen molar-refractivity contribution in [2.45, 2.75) is 37.9 Å². The smallest absolute Gasteiger partial charge is 0.416 e. The molecule has 3 aromatic rings. The number of nitrogens with zero attached hydrogens (tertiary/aromatic N) is 5. The fourth-order valence-corrected chi connectivity index (χ4v) is 4.38. The number of hydrogen-bond acceptors (Lipinski definition) is 8. The molecule has 1 N–H and O–H groups in total. The molecule has 1 aromatic carbocycles. The van der Waals surface area contributed by atoms with Gasteiger partial charge in [-0.3, -0.25) is 4.90 Å². The Labute approximate surface area is 204 Å². The third-order valence-electron chi connectivity index (χ3n) is 6.23. The number of nitrogens with one attached hydrogen (secondary N) is 1. The van der Waals surface area contributed by atoms with E-state index in [2.05, 4.69) is 25.5 Å². The lowest BCUT2D eigenvalue weighted by Crippen LogP contribution is -2.39. The van der Waals surface area contributed by atoms with Crippen LogP contribution in [-0.4, -0.2) is 44.9 Å². The highest BCUT2D eigenvalue weighted by Gasteiger charge is 2.48. The Bertz CT molecular complexity index is 1080. The molecular weight excluding hydrogens is 456 g/mol. The molecule has 0 bridgehead atoms. The summed E-state index contributed by atoms with van der Waals surface area (Å²) in [7, 11) is 0. The summed E-state index contributed by atoms with van der Waals surface area (Å²) < 4.78 is 11.6.